The topological polar surface area (TPSA) is 41.9 Å². The van der Waals surface area contributed by atoms with Crippen LogP contribution in [0.25, 0.3) is 0 Å². The van der Waals surface area contributed by atoms with Crippen molar-refractivity contribution in [2.75, 3.05) is 26.9 Å². The number of rotatable bonds is 8. The molecule has 1 aromatic rings. The number of ether oxygens (including phenoxy) is 2. The lowest BCUT2D eigenvalue weighted by Gasteiger charge is -2.23. The number of hydrogen-bond donors (Lipinski definition) is 1. The van der Waals surface area contributed by atoms with Crippen molar-refractivity contribution in [3.8, 4) is 11.5 Å². The van der Waals surface area contributed by atoms with Gasteiger partial charge < -0.3 is 14.6 Å². The molecule has 1 aliphatic heterocycles. The third-order valence-corrected chi connectivity index (χ3v) is 4.08. The standard InChI is InChI=1S/C17H27NO3/c1-3-4-10-21-16-8-7-14(11-17(16)20-2)12-18-9-5-6-15(18)13-19/h7-8,11,15,19H,3-6,9-10,12-13H2,1-2H3/t15-/m1/s1. The van der Waals surface area contributed by atoms with Crippen LogP contribution in [-0.2, 0) is 6.54 Å². The van der Waals surface area contributed by atoms with Crippen molar-refractivity contribution in [1.82, 2.24) is 4.90 Å². The molecule has 0 aliphatic carbocycles. The Bertz CT molecular complexity index is 436. The summed E-state index contributed by atoms with van der Waals surface area (Å²) in [7, 11) is 1.68. The predicted octanol–water partition coefficient (Wildman–Crippen LogP) is 2.83. The molecule has 1 aromatic carbocycles. The van der Waals surface area contributed by atoms with E-state index in [1.807, 2.05) is 12.1 Å². The van der Waals surface area contributed by atoms with Gasteiger partial charge in [0.25, 0.3) is 0 Å². The summed E-state index contributed by atoms with van der Waals surface area (Å²) < 4.78 is 11.2. The summed E-state index contributed by atoms with van der Waals surface area (Å²) in [5.74, 6) is 1.61. The van der Waals surface area contributed by atoms with E-state index in [4.69, 9.17) is 9.47 Å². The van der Waals surface area contributed by atoms with Crippen LogP contribution in [0.3, 0.4) is 0 Å². The zero-order chi connectivity index (χ0) is 15.1. The SMILES string of the molecule is CCCCOc1ccc(CN2CCC[C@@H]2CO)cc1OC. The molecule has 0 spiro atoms. The lowest BCUT2D eigenvalue weighted by molar-refractivity contribution is 0.153. The number of aliphatic hydroxyl groups is 1. The Morgan fingerprint density at radius 1 is 1.33 bits per heavy atom. The van der Waals surface area contributed by atoms with E-state index in [9.17, 15) is 5.11 Å². The summed E-state index contributed by atoms with van der Waals surface area (Å²) in [5, 5.41) is 9.39. The molecule has 1 aliphatic rings. The average Bonchev–Trinajstić information content (AvgIpc) is 2.95. The molecule has 1 atom stereocenters. The fourth-order valence-electron chi connectivity index (χ4n) is 2.80. The van der Waals surface area contributed by atoms with Gasteiger partial charge >= 0.3 is 0 Å². The van der Waals surface area contributed by atoms with Crippen LogP contribution in [-0.4, -0.2) is 42.9 Å². The third kappa shape index (κ3) is 4.35. The van der Waals surface area contributed by atoms with Gasteiger partial charge in [-0.15, -0.1) is 0 Å². The third-order valence-electron chi connectivity index (χ3n) is 4.08. The van der Waals surface area contributed by atoms with E-state index in [1.165, 1.54) is 12.0 Å². The van der Waals surface area contributed by atoms with Gasteiger partial charge in [-0.3, -0.25) is 4.90 Å². The molecule has 0 saturated carbocycles. The normalized spacial score (nSPS) is 18.9. The van der Waals surface area contributed by atoms with Crippen LogP contribution in [0.15, 0.2) is 18.2 Å². The number of benzene rings is 1. The molecule has 4 heteroatoms. The number of methoxy groups -OCH3 is 1. The van der Waals surface area contributed by atoms with Crippen LogP contribution in [0.2, 0.25) is 0 Å². The van der Waals surface area contributed by atoms with Gasteiger partial charge in [0.1, 0.15) is 0 Å². The quantitative estimate of drug-likeness (QED) is 0.748. The minimum Gasteiger partial charge on any atom is -0.493 e. The number of hydrogen-bond acceptors (Lipinski definition) is 4. The second kappa shape index (κ2) is 8.25. The van der Waals surface area contributed by atoms with Crippen LogP contribution < -0.4 is 9.47 Å². The van der Waals surface area contributed by atoms with Crippen LogP contribution in [0, 0.1) is 0 Å². The molecular formula is C17H27NO3. The maximum Gasteiger partial charge on any atom is 0.161 e. The highest BCUT2D eigenvalue weighted by Gasteiger charge is 2.23. The minimum absolute atomic E-state index is 0.245. The van der Waals surface area contributed by atoms with Gasteiger partial charge in [-0.1, -0.05) is 19.4 Å². The van der Waals surface area contributed by atoms with E-state index >= 15 is 0 Å². The maximum absolute atomic E-state index is 9.39. The highest BCUT2D eigenvalue weighted by molar-refractivity contribution is 5.43. The molecule has 1 fully saturated rings. The molecule has 1 saturated heterocycles. The fraction of sp³-hybridized carbons (Fsp3) is 0.647. The lowest BCUT2D eigenvalue weighted by Crippen LogP contribution is -2.31. The van der Waals surface area contributed by atoms with Gasteiger partial charge in [0.15, 0.2) is 11.5 Å². The highest BCUT2D eigenvalue weighted by atomic mass is 16.5. The number of unbranched alkanes of at least 4 members (excludes halogenated alkanes) is 1. The average molecular weight is 293 g/mol. The smallest absolute Gasteiger partial charge is 0.161 e. The summed E-state index contributed by atoms with van der Waals surface area (Å²) in [6.07, 6.45) is 4.43. The molecule has 4 nitrogen and oxygen atoms in total. The zero-order valence-electron chi connectivity index (χ0n) is 13.2. The first-order chi connectivity index (χ1) is 10.3. The van der Waals surface area contributed by atoms with Crippen molar-refractivity contribution in [3.05, 3.63) is 23.8 Å². The van der Waals surface area contributed by atoms with E-state index in [0.717, 1.165) is 50.5 Å². The fourth-order valence-corrected chi connectivity index (χ4v) is 2.80. The Hall–Kier alpha value is -1.26. The summed E-state index contributed by atoms with van der Waals surface area (Å²) >= 11 is 0. The Kier molecular flexibility index (Phi) is 6.33. The van der Waals surface area contributed by atoms with Gasteiger partial charge in [-0.05, 0) is 43.5 Å². The largest absolute Gasteiger partial charge is 0.493 e. The second-order valence-electron chi connectivity index (χ2n) is 5.64. The Morgan fingerprint density at radius 2 is 2.19 bits per heavy atom. The van der Waals surface area contributed by atoms with E-state index < -0.39 is 0 Å². The van der Waals surface area contributed by atoms with Crippen molar-refractivity contribution in [1.29, 1.82) is 0 Å². The first-order valence-corrected chi connectivity index (χ1v) is 7.93. The van der Waals surface area contributed by atoms with Gasteiger partial charge in [0, 0.05) is 12.6 Å². The minimum atomic E-state index is 0.245. The van der Waals surface area contributed by atoms with Crippen LogP contribution in [0.5, 0.6) is 11.5 Å². The molecule has 21 heavy (non-hydrogen) atoms. The molecule has 0 amide bonds. The summed E-state index contributed by atoms with van der Waals surface area (Å²) in [4.78, 5) is 2.34. The van der Waals surface area contributed by atoms with Crippen molar-refractivity contribution < 1.29 is 14.6 Å². The predicted molar refractivity (Wildman–Crippen MR) is 83.9 cm³/mol. The Labute approximate surface area is 127 Å². The summed E-state index contributed by atoms with van der Waals surface area (Å²) in [6.45, 7) is 5.04. The van der Waals surface area contributed by atoms with E-state index in [-0.39, 0.29) is 6.61 Å². The lowest BCUT2D eigenvalue weighted by atomic mass is 10.1. The second-order valence-corrected chi connectivity index (χ2v) is 5.64. The van der Waals surface area contributed by atoms with Gasteiger partial charge in [-0.25, -0.2) is 0 Å². The molecular weight excluding hydrogens is 266 g/mol. The monoisotopic (exact) mass is 293 g/mol. The summed E-state index contributed by atoms with van der Waals surface area (Å²) in [5.41, 5.74) is 1.20. The first-order valence-electron chi connectivity index (χ1n) is 7.93. The number of likely N-dealkylation sites (tertiary alicyclic amines) is 1. The molecule has 1 N–H and O–H groups in total. The highest BCUT2D eigenvalue weighted by Crippen LogP contribution is 2.30. The van der Waals surface area contributed by atoms with Crippen LogP contribution >= 0.6 is 0 Å². The van der Waals surface area contributed by atoms with E-state index in [1.54, 1.807) is 7.11 Å². The number of aliphatic hydroxyl groups excluding tert-OH is 1. The molecule has 0 radical (unpaired) electrons. The van der Waals surface area contributed by atoms with Crippen molar-refractivity contribution in [3.63, 3.8) is 0 Å². The van der Waals surface area contributed by atoms with Crippen LogP contribution in [0.1, 0.15) is 38.2 Å². The Balaban J connectivity index is 2.00. The van der Waals surface area contributed by atoms with Gasteiger partial charge in [0.05, 0.1) is 20.3 Å². The molecule has 118 valence electrons. The van der Waals surface area contributed by atoms with Gasteiger partial charge in [0.2, 0.25) is 0 Å². The summed E-state index contributed by atoms with van der Waals surface area (Å²) in [6, 6.07) is 6.44. The maximum atomic E-state index is 9.39. The molecule has 0 aromatic heterocycles. The Morgan fingerprint density at radius 3 is 2.90 bits per heavy atom. The zero-order valence-corrected chi connectivity index (χ0v) is 13.2. The van der Waals surface area contributed by atoms with Crippen molar-refractivity contribution >= 4 is 0 Å². The van der Waals surface area contributed by atoms with Gasteiger partial charge in [-0.2, -0.15) is 0 Å². The number of nitrogens with zero attached hydrogens (tertiary/aromatic N) is 1. The van der Waals surface area contributed by atoms with E-state index in [0.29, 0.717) is 6.04 Å². The molecule has 2 rings (SSSR count). The molecule has 1 heterocycles. The van der Waals surface area contributed by atoms with Crippen molar-refractivity contribution in [2.45, 2.75) is 45.2 Å². The van der Waals surface area contributed by atoms with Crippen LogP contribution in [0.4, 0.5) is 0 Å². The van der Waals surface area contributed by atoms with Crippen molar-refractivity contribution in [2.24, 2.45) is 0 Å². The molecule has 0 unspecified atom stereocenters. The van der Waals surface area contributed by atoms with E-state index in [2.05, 4.69) is 17.9 Å². The molecule has 0 bridgehead atoms. The first kappa shape index (κ1) is 16.1.